The Labute approximate surface area is 144 Å². The van der Waals surface area contributed by atoms with Gasteiger partial charge in [0, 0.05) is 23.7 Å². The molecular weight excluding hydrogens is 322 g/mol. The molecule has 128 valence electrons. The molecule has 0 radical (unpaired) electrons. The summed E-state index contributed by atoms with van der Waals surface area (Å²) in [5, 5.41) is 3.94. The number of aryl methyl sites for hydroxylation is 1. The molecule has 0 atom stereocenters. The Morgan fingerprint density at radius 3 is 2.76 bits per heavy atom. The van der Waals surface area contributed by atoms with Gasteiger partial charge in [-0.2, -0.15) is 4.98 Å². The molecule has 0 spiro atoms. The first-order chi connectivity index (χ1) is 12.1. The Balaban J connectivity index is 1.46. The van der Waals surface area contributed by atoms with Gasteiger partial charge in [-0.25, -0.2) is 4.79 Å². The number of ether oxygens (including phenoxy) is 1. The van der Waals surface area contributed by atoms with Gasteiger partial charge >= 0.3 is 5.97 Å². The molecule has 0 fully saturated rings. The molecule has 1 N–H and O–H groups in total. The lowest BCUT2D eigenvalue weighted by atomic mass is 10.2. The number of nitrogens with one attached hydrogen (secondary N) is 1. The van der Waals surface area contributed by atoms with E-state index in [0.717, 1.165) is 5.56 Å². The number of carbonyl (C=O) groups excluding carboxylic acids is 2. The predicted octanol–water partition coefficient (Wildman–Crippen LogP) is 3.06. The lowest BCUT2D eigenvalue weighted by molar-refractivity contribution is 0.0492. The molecule has 2 aromatic heterocycles. The first-order valence-electron chi connectivity index (χ1n) is 7.88. The standard InChI is InChI=1S/C18H17N3O4/c1-12(22)14-10-15(19-11-14)18(23)24-9-5-8-16-20-17(21-25-16)13-6-3-2-4-7-13/h2-4,6-7,10-11,19H,5,8-9H2,1H3. The summed E-state index contributed by atoms with van der Waals surface area (Å²) in [5.41, 5.74) is 1.59. The van der Waals surface area contributed by atoms with Gasteiger partial charge in [-0.3, -0.25) is 4.79 Å². The van der Waals surface area contributed by atoms with Crippen LogP contribution in [0, 0.1) is 0 Å². The lowest BCUT2D eigenvalue weighted by Gasteiger charge is -2.01. The molecule has 2 heterocycles. The third-order valence-corrected chi connectivity index (χ3v) is 3.58. The number of Topliss-reactive ketones (excluding diaryl/α,β-unsaturated/α-hetero) is 1. The smallest absolute Gasteiger partial charge is 0.354 e. The van der Waals surface area contributed by atoms with Crippen LogP contribution in [0.2, 0.25) is 0 Å². The number of esters is 1. The number of hydrogen-bond acceptors (Lipinski definition) is 6. The highest BCUT2D eigenvalue weighted by molar-refractivity contribution is 5.97. The molecule has 7 nitrogen and oxygen atoms in total. The van der Waals surface area contributed by atoms with Crippen LogP contribution in [0.25, 0.3) is 11.4 Å². The number of aromatic amines is 1. The minimum atomic E-state index is -0.497. The topological polar surface area (TPSA) is 98.1 Å². The predicted molar refractivity (Wildman–Crippen MR) is 89.1 cm³/mol. The Hall–Kier alpha value is -3.22. The second-order valence-corrected chi connectivity index (χ2v) is 5.48. The molecule has 0 amide bonds. The van der Waals surface area contributed by atoms with Crippen molar-refractivity contribution in [1.82, 2.24) is 15.1 Å². The highest BCUT2D eigenvalue weighted by Crippen LogP contribution is 2.15. The molecular formula is C18H17N3O4. The molecule has 0 unspecified atom stereocenters. The molecule has 0 saturated carbocycles. The van der Waals surface area contributed by atoms with E-state index in [9.17, 15) is 9.59 Å². The molecule has 3 aromatic rings. The Morgan fingerprint density at radius 2 is 2.04 bits per heavy atom. The fourth-order valence-corrected chi connectivity index (χ4v) is 2.24. The van der Waals surface area contributed by atoms with Crippen LogP contribution in [0.1, 0.15) is 40.1 Å². The third-order valence-electron chi connectivity index (χ3n) is 3.58. The number of ketones is 1. The zero-order valence-electron chi connectivity index (χ0n) is 13.7. The highest BCUT2D eigenvalue weighted by Gasteiger charge is 2.12. The number of aromatic nitrogens is 3. The van der Waals surface area contributed by atoms with E-state index in [-0.39, 0.29) is 18.1 Å². The second kappa shape index (κ2) is 7.57. The summed E-state index contributed by atoms with van der Waals surface area (Å²) in [7, 11) is 0. The molecule has 0 saturated heterocycles. The van der Waals surface area contributed by atoms with Crippen LogP contribution in [0.3, 0.4) is 0 Å². The van der Waals surface area contributed by atoms with Gasteiger partial charge in [0.1, 0.15) is 5.69 Å². The van der Waals surface area contributed by atoms with Crippen LogP contribution in [0.5, 0.6) is 0 Å². The fourth-order valence-electron chi connectivity index (χ4n) is 2.24. The Kier molecular flexibility index (Phi) is 5.03. The average Bonchev–Trinajstić information content (AvgIpc) is 3.29. The summed E-state index contributed by atoms with van der Waals surface area (Å²) in [5.74, 6) is 0.424. The minimum absolute atomic E-state index is 0.110. The SMILES string of the molecule is CC(=O)c1c[nH]c(C(=O)OCCCc2nc(-c3ccccc3)no2)c1. The van der Waals surface area contributed by atoms with Gasteiger partial charge in [0.25, 0.3) is 0 Å². The van der Waals surface area contributed by atoms with E-state index in [1.807, 2.05) is 30.3 Å². The molecule has 0 aliphatic rings. The van der Waals surface area contributed by atoms with Crippen molar-refractivity contribution in [2.45, 2.75) is 19.8 Å². The maximum absolute atomic E-state index is 11.9. The zero-order chi connectivity index (χ0) is 17.6. The molecule has 25 heavy (non-hydrogen) atoms. The van der Waals surface area contributed by atoms with Crippen LogP contribution in [0.15, 0.2) is 47.1 Å². The number of rotatable bonds is 7. The van der Waals surface area contributed by atoms with Crippen molar-refractivity contribution in [3.8, 4) is 11.4 Å². The van der Waals surface area contributed by atoms with Gasteiger partial charge in [0.05, 0.1) is 6.61 Å². The van der Waals surface area contributed by atoms with Gasteiger partial charge in [-0.05, 0) is 19.4 Å². The van der Waals surface area contributed by atoms with Crippen molar-refractivity contribution >= 4 is 11.8 Å². The van der Waals surface area contributed by atoms with Crippen LogP contribution in [0.4, 0.5) is 0 Å². The first kappa shape index (κ1) is 16.6. The van der Waals surface area contributed by atoms with E-state index in [1.54, 1.807) is 0 Å². The van der Waals surface area contributed by atoms with Crippen LogP contribution >= 0.6 is 0 Å². The van der Waals surface area contributed by atoms with Crippen LogP contribution in [-0.2, 0) is 11.2 Å². The van der Waals surface area contributed by atoms with Gasteiger partial charge in [-0.15, -0.1) is 0 Å². The van der Waals surface area contributed by atoms with E-state index in [4.69, 9.17) is 9.26 Å². The largest absolute Gasteiger partial charge is 0.461 e. The molecule has 0 aliphatic heterocycles. The summed E-state index contributed by atoms with van der Waals surface area (Å²) in [6, 6.07) is 11.0. The second-order valence-electron chi connectivity index (χ2n) is 5.48. The molecule has 0 bridgehead atoms. The van der Waals surface area contributed by atoms with Crippen molar-refractivity contribution in [3.63, 3.8) is 0 Å². The van der Waals surface area contributed by atoms with Gasteiger partial charge in [-0.1, -0.05) is 35.5 Å². The number of benzene rings is 1. The Morgan fingerprint density at radius 1 is 1.24 bits per heavy atom. The molecule has 3 rings (SSSR count). The normalized spacial score (nSPS) is 10.6. The monoisotopic (exact) mass is 339 g/mol. The van der Waals surface area contributed by atoms with Crippen LogP contribution < -0.4 is 0 Å². The number of hydrogen-bond donors (Lipinski definition) is 1. The summed E-state index contributed by atoms with van der Waals surface area (Å²) in [4.78, 5) is 30.1. The lowest BCUT2D eigenvalue weighted by Crippen LogP contribution is -2.07. The quantitative estimate of drug-likeness (QED) is 0.403. The zero-order valence-corrected chi connectivity index (χ0v) is 13.7. The van der Waals surface area contributed by atoms with Gasteiger partial charge in [0.2, 0.25) is 11.7 Å². The molecule has 0 aliphatic carbocycles. The van der Waals surface area contributed by atoms with Gasteiger partial charge in [0.15, 0.2) is 5.78 Å². The van der Waals surface area contributed by atoms with E-state index in [0.29, 0.717) is 30.1 Å². The first-order valence-corrected chi connectivity index (χ1v) is 7.88. The Bertz CT molecular complexity index is 867. The van der Waals surface area contributed by atoms with Gasteiger partial charge < -0.3 is 14.2 Å². The maximum atomic E-state index is 11.9. The average molecular weight is 339 g/mol. The molecule has 7 heteroatoms. The van der Waals surface area contributed by atoms with Crippen molar-refractivity contribution < 1.29 is 18.8 Å². The van der Waals surface area contributed by atoms with E-state index in [1.165, 1.54) is 19.2 Å². The van der Waals surface area contributed by atoms with Crippen molar-refractivity contribution in [2.75, 3.05) is 6.61 Å². The van der Waals surface area contributed by atoms with E-state index in [2.05, 4.69) is 15.1 Å². The maximum Gasteiger partial charge on any atom is 0.354 e. The minimum Gasteiger partial charge on any atom is -0.461 e. The summed E-state index contributed by atoms with van der Waals surface area (Å²) < 4.78 is 10.4. The fraction of sp³-hybridized carbons (Fsp3) is 0.222. The summed E-state index contributed by atoms with van der Waals surface area (Å²) in [6.45, 7) is 1.66. The van der Waals surface area contributed by atoms with E-state index < -0.39 is 5.97 Å². The highest BCUT2D eigenvalue weighted by atomic mass is 16.5. The van der Waals surface area contributed by atoms with Crippen molar-refractivity contribution in [3.05, 3.63) is 59.7 Å². The third kappa shape index (κ3) is 4.20. The number of nitrogens with zero attached hydrogens (tertiary/aromatic N) is 2. The molecule has 1 aromatic carbocycles. The summed E-state index contributed by atoms with van der Waals surface area (Å²) >= 11 is 0. The van der Waals surface area contributed by atoms with Crippen LogP contribution in [-0.4, -0.2) is 33.5 Å². The number of H-pyrrole nitrogens is 1. The van der Waals surface area contributed by atoms with Crippen molar-refractivity contribution in [2.24, 2.45) is 0 Å². The number of carbonyl (C=O) groups is 2. The van der Waals surface area contributed by atoms with E-state index >= 15 is 0 Å². The van der Waals surface area contributed by atoms with Crippen molar-refractivity contribution in [1.29, 1.82) is 0 Å². The summed E-state index contributed by atoms with van der Waals surface area (Å²) in [6.07, 6.45) is 2.56.